The number of hydrogen-bond donors (Lipinski definition) is 3. The van der Waals surface area contributed by atoms with E-state index in [4.69, 9.17) is 10.8 Å². The molecule has 0 aliphatic carbocycles. The van der Waals surface area contributed by atoms with Gasteiger partial charge in [0.05, 0.1) is 12.0 Å². The molecular weight excluding hydrogens is 194 g/mol. The average Bonchev–Trinajstić information content (AvgIpc) is 2.60. The van der Waals surface area contributed by atoms with Gasteiger partial charge in [-0.05, 0) is 26.9 Å². The molecular formula is C10H21N3O2. The van der Waals surface area contributed by atoms with Crippen molar-refractivity contribution in [2.45, 2.75) is 25.5 Å². The lowest BCUT2D eigenvalue weighted by molar-refractivity contribution is -0.124. The van der Waals surface area contributed by atoms with Gasteiger partial charge in [-0.3, -0.25) is 4.79 Å². The zero-order valence-electron chi connectivity index (χ0n) is 9.44. The zero-order chi connectivity index (χ0) is 11.4. The van der Waals surface area contributed by atoms with E-state index in [1.807, 2.05) is 7.05 Å². The number of carbonyl (C=O) groups is 1. The summed E-state index contributed by atoms with van der Waals surface area (Å²) < 4.78 is 0. The van der Waals surface area contributed by atoms with Gasteiger partial charge < -0.3 is 21.1 Å². The minimum Gasteiger partial charge on any atom is -0.392 e. The highest BCUT2D eigenvalue weighted by atomic mass is 16.3. The highest BCUT2D eigenvalue weighted by Crippen LogP contribution is 2.13. The van der Waals surface area contributed by atoms with Crippen molar-refractivity contribution < 1.29 is 9.90 Å². The van der Waals surface area contributed by atoms with Crippen LogP contribution in [0.4, 0.5) is 0 Å². The Hall–Kier alpha value is -0.650. The summed E-state index contributed by atoms with van der Waals surface area (Å²) in [6.07, 6.45) is 0.322. The van der Waals surface area contributed by atoms with Crippen molar-refractivity contribution in [1.29, 1.82) is 0 Å². The molecule has 88 valence electrons. The first-order chi connectivity index (χ1) is 7.00. The van der Waals surface area contributed by atoms with Crippen LogP contribution < -0.4 is 11.1 Å². The molecule has 1 fully saturated rings. The van der Waals surface area contributed by atoms with Crippen molar-refractivity contribution in [2.24, 2.45) is 11.7 Å². The number of hydrogen-bond acceptors (Lipinski definition) is 4. The molecule has 1 aliphatic rings. The maximum atomic E-state index is 11.6. The number of aliphatic hydroxyl groups excluding tert-OH is 1. The van der Waals surface area contributed by atoms with E-state index in [0.29, 0.717) is 6.54 Å². The van der Waals surface area contributed by atoms with Crippen LogP contribution in [0.3, 0.4) is 0 Å². The summed E-state index contributed by atoms with van der Waals surface area (Å²) in [6, 6.07) is -0.381. The fourth-order valence-corrected chi connectivity index (χ4v) is 1.68. The number of nitrogens with two attached hydrogens (primary N) is 1. The van der Waals surface area contributed by atoms with Crippen LogP contribution in [0.5, 0.6) is 0 Å². The van der Waals surface area contributed by atoms with Crippen molar-refractivity contribution in [1.82, 2.24) is 10.2 Å². The summed E-state index contributed by atoms with van der Waals surface area (Å²) in [6.45, 7) is 3.76. The summed E-state index contributed by atoms with van der Waals surface area (Å²) in [5, 5.41) is 11.9. The van der Waals surface area contributed by atoms with E-state index in [9.17, 15) is 4.79 Å². The Kier molecular flexibility index (Phi) is 4.50. The molecule has 0 radical (unpaired) electrons. The van der Waals surface area contributed by atoms with E-state index < -0.39 is 6.10 Å². The quantitative estimate of drug-likeness (QED) is 0.548. The van der Waals surface area contributed by atoms with Crippen LogP contribution in [0.25, 0.3) is 0 Å². The van der Waals surface area contributed by atoms with Gasteiger partial charge in [-0.25, -0.2) is 0 Å². The van der Waals surface area contributed by atoms with E-state index in [-0.39, 0.29) is 17.9 Å². The second kappa shape index (κ2) is 5.44. The monoisotopic (exact) mass is 215 g/mol. The number of nitrogens with zero attached hydrogens (tertiary/aromatic N) is 1. The van der Waals surface area contributed by atoms with Gasteiger partial charge in [0.2, 0.25) is 5.91 Å². The zero-order valence-corrected chi connectivity index (χ0v) is 9.44. The van der Waals surface area contributed by atoms with Crippen molar-refractivity contribution >= 4 is 5.91 Å². The first-order valence-corrected chi connectivity index (χ1v) is 5.40. The molecule has 0 aromatic heterocycles. The third kappa shape index (κ3) is 3.77. The molecule has 4 N–H and O–H groups in total. The predicted molar refractivity (Wildman–Crippen MR) is 58.3 cm³/mol. The van der Waals surface area contributed by atoms with Gasteiger partial charge in [-0.1, -0.05) is 0 Å². The van der Waals surface area contributed by atoms with Crippen LogP contribution in [0.1, 0.15) is 13.3 Å². The summed E-state index contributed by atoms with van der Waals surface area (Å²) in [5.41, 5.74) is 5.62. The van der Waals surface area contributed by atoms with Gasteiger partial charge in [-0.15, -0.1) is 0 Å². The third-order valence-electron chi connectivity index (χ3n) is 2.89. The molecule has 1 saturated heterocycles. The van der Waals surface area contributed by atoms with Crippen molar-refractivity contribution in [3.05, 3.63) is 0 Å². The Labute approximate surface area is 90.6 Å². The topological polar surface area (TPSA) is 78.6 Å². The first-order valence-electron chi connectivity index (χ1n) is 5.40. The van der Waals surface area contributed by atoms with Gasteiger partial charge in [0.25, 0.3) is 0 Å². The summed E-state index contributed by atoms with van der Waals surface area (Å²) in [5.74, 6) is 0.131. The van der Waals surface area contributed by atoms with Crippen molar-refractivity contribution in [3.8, 4) is 0 Å². The molecule has 1 heterocycles. The van der Waals surface area contributed by atoms with E-state index in [0.717, 1.165) is 19.5 Å². The van der Waals surface area contributed by atoms with Crippen LogP contribution in [-0.2, 0) is 4.79 Å². The minimum absolute atomic E-state index is 0.0513. The first kappa shape index (κ1) is 12.4. The number of amides is 1. The lowest BCUT2D eigenvalue weighted by Crippen LogP contribution is -2.45. The average molecular weight is 215 g/mol. The summed E-state index contributed by atoms with van der Waals surface area (Å²) >= 11 is 0. The fraction of sp³-hybridized carbons (Fsp3) is 0.900. The normalized spacial score (nSPS) is 26.3. The second-order valence-corrected chi connectivity index (χ2v) is 4.40. The molecule has 1 aliphatic heterocycles. The number of aliphatic hydroxyl groups is 1. The highest BCUT2D eigenvalue weighted by molar-refractivity contribution is 5.79. The van der Waals surface area contributed by atoms with Gasteiger partial charge in [-0.2, -0.15) is 0 Å². The van der Waals surface area contributed by atoms with Crippen LogP contribution in [0.2, 0.25) is 0 Å². The molecule has 0 aromatic carbocycles. The molecule has 15 heavy (non-hydrogen) atoms. The standard InChI is InChI=1S/C10H21N3O2/c1-7(14)9(11)5-12-10(15)8-3-4-13(2)6-8/h7-9,14H,3-6,11H2,1-2H3,(H,12,15). The SMILES string of the molecule is CC(O)C(N)CNC(=O)C1CCN(C)C1. The van der Waals surface area contributed by atoms with Crippen molar-refractivity contribution in [2.75, 3.05) is 26.7 Å². The minimum atomic E-state index is -0.587. The van der Waals surface area contributed by atoms with Gasteiger partial charge in [0.15, 0.2) is 0 Å². The Morgan fingerprint density at radius 2 is 2.40 bits per heavy atom. The van der Waals surface area contributed by atoms with Crippen LogP contribution >= 0.6 is 0 Å². The van der Waals surface area contributed by atoms with Gasteiger partial charge in [0.1, 0.15) is 0 Å². The summed E-state index contributed by atoms with van der Waals surface area (Å²) in [4.78, 5) is 13.8. The number of likely N-dealkylation sites (tertiary alicyclic amines) is 1. The van der Waals surface area contributed by atoms with E-state index in [2.05, 4.69) is 10.2 Å². The lowest BCUT2D eigenvalue weighted by Gasteiger charge is -2.17. The maximum Gasteiger partial charge on any atom is 0.224 e. The molecule has 0 bridgehead atoms. The van der Waals surface area contributed by atoms with Crippen LogP contribution in [0.15, 0.2) is 0 Å². The molecule has 3 unspecified atom stereocenters. The third-order valence-corrected chi connectivity index (χ3v) is 2.89. The molecule has 0 aromatic rings. The largest absolute Gasteiger partial charge is 0.392 e. The number of rotatable bonds is 4. The van der Waals surface area contributed by atoms with Gasteiger partial charge >= 0.3 is 0 Å². The molecule has 5 heteroatoms. The van der Waals surface area contributed by atoms with E-state index >= 15 is 0 Å². The Morgan fingerprint density at radius 1 is 1.73 bits per heavy atom. The van der Waals surface area contributed by atoms with E-state index in [1.54, 1.807) is 6.92 Å². The molecule has 3 atom stereocenters. The highest BCUT2D eigenvalue weighted by Gasteiger charge is 2.26. The molecule has 0 saturated carbocycles. The Morgan fingerprint density at radius 3 is 2.87 bits per heavy atom. The maximum absolute atomic E-state index is 11.6. The predicted octanol–water partition coefficient (Wildman–Crippen LogP) is -1.24. The van der Waals surface area contributed by atoms with Crippen LogP contribution in [0, 0.1) is 5.92 Å². The number of carbonyl (C=O) groups excluding carboxylic acids is 1. The Balaban J connectivity index is 2.24. The Bertz CT molecular complexity index is 221. The number of nitrogens with one attached hydrogen (secondary N) is 1. The smallest absolute Gasteiger partial charge is 0.224 e. The van der Waals surface area contributed by atoms with Crippen LogP contribution in [-0.4, -0.2) is 54.7 Å². The molecule has 5 nitrogen and oxygen atoms in total. The molecule has 1 rings (SSSR count). The lowest BCUT2D eigenvalue weighted by atomic mass is 10.1. The summed E-state index contributed by atoms with van der Waals surface area (Å²) in [7, 11) is 2.01. The second-order valence-electron chi connectivity index (χ2n) is 4.40. The van der Waals surface area contributed by atoms with E-state index in [1.165, 1.54) is 0 Å². The molecule has 1 amide bonds. The van der Waals surface area contributed by atoms with Crippen molar-refractivity contribution in [3.63, 3.8) is 0 Å². The van der Waals surface area contributed by atoms with Gasteiger partial charge in [0, 0.05) is 19.1 Å². The molecule has 0 spiro atoms. The fourth-order valence-electron chi connectivity index (χ4n) is 1.68.